The Hall–Kier alpha value is -0.530. The summed E-state index contributed by atoms with van der Waals surface area (Å²) in [5.41, 5.74) is 1.32. The quantitative estimate of drug-likeness (QED) is 0.832. The fourth-order valence-electron chi connectivity index (χ4n) is 2.56. The van der Waals surface area contributed by atoms with Crippen molar-refractivity contribution in [1.82, 2.24) is 5.32 Å². The minimum atomic E-state index is 0.419. The van der Waals surface area contributed by atoms with Gasteiger partial charge in [-0.1, -0.05) is 37.1 Å². The zero-order chi connectivity index (χ0) is 11.5. The van der Waals surface area contributed by atoms with E-state index in [1.54, 1.807) is 0 Å². The molecule has 0 aliphatic heterocycles. The van der Waals surface area contributed by atoms with E-state index in [0.717, 1.165) is 10.9 Å². The number of hydrogen-bond donors (Lipinski definition) is 1. The molecule has 1 aliphatic rings. The highest BCUT2D eigenvalue weighted by molar-refractivity contribution is 6.30. The van der Waals surface area contributed by atoms with Crippen LogP contribution in [0.15, 0.2) is 24.3 Å². The predicted molar refractivity (Wildman–Crippen MR) is 69.8 cm³/mol. The molecule has 2 unspecified atom stereocenters. The number of rotatable bonds is 3. The highest BCUT2D eigenvalue weighted by Gasteiger charge is 2.24. The van der Waals surface area contributed by atoms with Crippen molar-refractivity contribution in [3.63, 3.8) is 0 Å². The highest BCUT2D eigenvalue weighted by atomic mass is 35.5. The molecular weight excluding hydrogens is 218 g/mol. The van der Waals surface area contributed by atoms with Crippen molar-refractivity contribution >= 4 is 11.6 Å². The van der Waals surface area contributed by atoms with Crippen LogP contribution in [0.3, 0.4) is 0 Å². The van der Waals surface area contributed by atoms with Gasteiger partial charge in [-0.3, -0.25) is 0 Å². The van der Waals surface area contributed by atoms with Gasteiger partial charge < -0.3 is 5.32 Å². The highest BCUT2D eigenvalue weighted by Crippen LogP contribution is 2.27. The second-order valence-corrected chi connectivity index (χ2v) is 5.39. The minimum Gasteiger partial charge on any atom is -0.307 e. The molecule has 0 bridgehead atoms. The fraction of sp³-hybridized carbons (Fsp3) is 0.571. The molecule has 2 rings (SSSR count). The molecule has 88 valence electrons. The molecule has 1 saturated carbocycles. The van der Waals surface area contributed by atoms with Crippen LogP contribution in [0.5, 0.6) is 0 Å². The lowest BCUT2D eigenvalue weighted by atomic mass is 10.0. The van der Waals surface area contributed by atoms with Crippen molar-refractivity contribution in [2.75, 3.05) is 0 Å². The zero-order valence-corrected chi connectivity index (χ0v) is 10.8. The molecule has 0 heterocycles. The number of benzene rings is 1. The van der Waals surface area contributed by atoms with Gasteiger partial charge in [0, 0.05) is 17.1 Å². The number of halogens is 1. The SMILES string of the molecule is CC1CCCC1N[C@H](C)c1ccc(Cl)cc1. The first-order valence-corrected chi connectivity index (χ1v) is 6.56. The standard InChI is InChI=1S/C14H20ClN/c1-10-4-3-5-14(10)16-11(2)12-6-8-13(15)9-7-12/h6-11,14,16H,3-5H2,1-2H3/t10?,11-,14?/m1/s1. The summed E-state index contributed by atoms with van der Waals surface area (Å²) in [7, 11) is 0. The Morgan fingerprint density at radius 3 is 2.50 bits per heavy atom. The summed E-state index contributed by atoms with van der Waals surface area (Å²) < 4.78 is 0. The Balaban J connectivity index is 1.97. The summed E-state index contributed by atoms with van der Waals surface area (Å²) >= 11 is 5.89. The molecule has 0 aromatic heterocycles. The lowest BCUT2D eigenvalue weighted by Crippen LogP contribution is -2.33. The molecule has 3 atom stereocenters. The summed E-state index contributed by atoms with van der Waals surface area (Å²) in [6.45, 7) is 4.58. The molecule has 1 aliphatic carbocycles. The van der Waals surface area contributed by atoms with E-state index in [2.05, 4.69) is 31.3 Å². The van der Waals surface area contributed by atoms with Crippen LogP contribution >= 0.6 is 11.6 Å². The molecule has 1 N–H and O–H groups in total. The Labute approximate surface area is 103 Å². The molecule has 2 heteroatoms. The molecule has 1 aromatic rings. The van der Waals surface area contributed by atoms with Crippen LogP contribution in [0.1, 0.15) is 44.7 Å². The van der Waals surface area contributed by atoms with Gasteiger partial charge in [0.1, 0.15) is 0 Å². The summed E-state index contributed by atoms with van der Waals surface area (Å²) in [5, 5.41) is 4.53. The smallest absolute Gasteiger partial charge is 0.0406 e. The molecule has 1 nitrogen and oxygen atoms in total. The molecule has 16 heavy (non-hydrogen) atoms. The average Bonchev–Trinajstić information content (AvgIpc) is 2.65. The third-order valence-electron chi connectivity index (χ3n) is 3.70. The summed E-state index contributed by atoms with van der Waals surface area (Å²) in [4.78, 5) is 0. The number of hydrogen-bond acceptors (Lipinski definition) is 1. The van der Waals surface area contributed by atoms with Crippen molar-refractivity contribution in [2.45, 2.75) is 45.2 Å². The van der Waals surface area contributed by atoms with E-state index in [4.69, 9.17) is 11.6 Å². The fourth-order valence-corrected chi connectivity index (χ4v) is 2.69. The topological polar surface area (TPSA) is 12.0 Å². The molecule has 1 aromatic carbocycles. The zero-order valence-electron chi connectivity index (χ0n) is 10.0. The second-order valence-electron chi connectivity index (χ2n) is 4.95. The van der Waals surface area contributed by atoms with E-state index in [1.807, 2.05) is 12.1 Å². The van der Waals surface area contributed by atoms with E-state index in [0.29, 0.717) is 12.1 Å². The maximum atomic E-state index is 5.89. The van der Waals surface area contributed by atoms with Crippen molar-refractivity contribution in [3.8, 4) is 0 Å². The van der Waals surface area contributed by atoms with Crippen LogP contribution in [0, 0.1) is 5.92 Å². The maximum Gasteiger partial charge on any atom is 0.0406 e. The van der Waals surface area contributed by atoms with Crippen LogP contribution < -0.4 is 5.32 Å². The van der Waals surface area contributed by atoms with Crippen molar-refractivity contribution < 1.29 is 0 Å². The van der Waals surface area contributed by atoms with Crippen LogP contribution in [0.25, 0.3) is 0 Å². The maximum absolute atomic E-state index is 5.89. The van der Waals surface area contributed by atoms with Gasteiger partial charge in [-0.2, -0.15) is 0 Å². The normalized spacial score (nSPS) is 26.9. The summed E-state index contributed by atoms with van der Waals surface area (Å²) in [5.74, 6) is 0.815. The van der Waals surface area contributed by atoms with Gasteiger partial charge >= 0.3 is 0 Å². The van der Waals surface area contributed by atoms with Gasteiger partial charge in [-0.05, 0) is 43.4 Å². The van der Waals surface area contributed by atoms with E-state index in [1.165, 1.54) is 24.8 Å². The Bertz CT molecular complexity index is 333. The van der Waals surface area contributed by atoms with Crippen LogP contribution in [0.4, 0.5) is 0 Å². The van der Waals surface area contributed by atoms with Crippen LogP contribution in [-0.2, 0) is 0 Å². The van der Waals surface area contributed by atoms with Gasteiger partial charge in [0.2, 0.25) is 0 Å². The van der Waals surface area contributed by atoms with Crippen molar-refractivity contribution in [2.24, 2.45) is 5.92 Å². The molecule has 0 amide bonds. The lowest BCUT2D eigenvalue weighted by molar-refractivity contribution is 0.388. The Kier molecular flexibility index (Phi) is 3.88. The number of nitrogens with one attached hydrogen (secondary N) is 1. The van der Waals surface area contributed by atoms with Crippen LogP contribution in [-0.4, -0.2) is 6.04 Å². The minimum absolute atomic E-state index is 0.419. The average molecular weight is 238 g/mol. The molecular formula is C14H20ClN. The van der Waals surface area contributed by atoms with E-state index < -0.39 is 0 Å². The van der Waals surface area contributed by atoms with Gasteiger partial charge in [0.05, 0.1) is 0 Å². The molecule has 1 fully saturated rings. The van der Waals surface area contributed by atoms with E-state index in [-0.39, 0.29) is 0 Å². The third-order valence-corrected chi connectivity index (χ3v) is 3.95. The third kappa shape index (κ3) is 2.78. The monoisotopic (exact) mass is 237 g/mol. The Morgan fingerprint density at radius 2 is 1.94 bits per heavy atom. The summed E-state index contributed by atoms with van der Waals surface area (Å²) in [6.07, 6.45) is 4.05. The summed E-state index contributed by atoms with van der Waals surface area (Å²) in [6, 6.07) is 9.26. The first-order chi connectivity index (χ1) is 7.66. The van der Waals surface area contributed by atoms with Gasteiger partial charge in [-0.15, -0.1) is 0 Å². The second kappa shape index (κ2) is 5.20. The van der Waals surface area contributed by atoms with E-state index >= 15 is 0 Å². The molecule has 0 radical (unpaired) electrons. The first kappa shape index (κ1) is 11.9. The Morgan fingerprint density at radius 1 is 1.25 bits per heavy atom. The van der Waals surface area contributed by atoms with Gasteiger partial charge in [0.15, 0.2) is 0 Å². The van der Waals surface area contributed by atoms with Gasteiger partial charge in [-0.25, -0.2) is 0 Å². The van der Waals surface area contributed by atoms with Crippen molar-refractivity contribution in [1.29, 1.82) is 0 Å². The first-order valence-electron chi connectivity index (χ1n) is 6.18. The predicted octanol–water partition coefficient (Wildman–Crippen LogP) is 4.18. The molecule has 0 saturated heterocycles. The molecule has 0 spiro atoms. The van der Waals surface area contributed by atoms with Crippen LogP contribution in [0.2, 0.25) is 5.02 Å². The van der Waals surface area contributed by atoms with Crippen molar-refractivity contribution in [3.05, 3.63) is 34.9 Å². The van der Waals surface area contributed by atoms with E-state index in [9.17, 15) is 0 Å². The lowest BCUT2D eigenvalue weighted by Gasteiger charge is -2.23. The largest absolute Gasteiger partial charge is 0.307 e. The van der Waals surface area contributed by atoms with Gasteiger partial charge in [0.25, 0.3) is 0 Å².